The molecule has 20 heavy (non-hydrogen) atoms. The minimum absolute atomic E-state index is 0.416. The van der Waals surface area contributed by atoms with Gasteiger partial charge in [0.05, 0.1) is 24.1 Å². The highest BCUT2D eigenvalue weighted by Gasteiger charge is 2.23. The number of nitrogens with one attached hydrogen (secondary N) is 1. The van der Waals surface area contributed by atoms with Crippen LogP contribution in [-0.4, -0.2) is 34.5 Å². The van der Waals surface area contributed by atoms with Gasteiger partial charge in [0.1, 0.15) is 6.33 Å². The van der Waals surface area contributed by atoms with Gasteiger partial charge in [-0.15, -0.1) is 0 Å². The van der Waals surface area contributed by atoms with Gasteiger partial charge in [-0.25, -0.2) is 9.97 Å². The molecule has 1 atom stereocenters. The van der Waals surface area contributed by atoms with Crippen molar-refractivity contribution < 1.29 is 0 Å². The Kier molecular flexibility index (Phi) is 4.23. The summed E-state index contributed by atoms with van der Waals surface area (Å²) < 4.78 is 0. The number of benzene rings is 1. The van der Waals surface area contributed by atoms with E-state index in [0.717, 1.165) is 12.2 Å². The van der Waals surface area contributed by atoms with E-state index >= 15 is 0 Å². The molecule has 4 nitrogen and oxygen atoms in total. The summed E-state index contributed by atoms with van der Waals surface area (Å²) in [6, 6.07) is 11.1. The fraction of sp³-hybridized carbons (Fsp3) is 0.375. The van der Waals surface area contributed by atoms with Crippen molar-refractivity contribution in [2.45, 2.75) is 18.9 Å². The number of likely N-dealkylation sites (tertiary alicyclic amines) is 1. The van der Waals surface area contributed by atoms with E-state index in [1.807, 2.05) is 12.4 Å². The lowest BCUT2D eigenvalue weighted by molar-refractivity contribution is 0.256. The van der Waals surface area contributed by atoms with Gasteiger partial charge in [0.15, 0.2) is 0 Å². The summed E-state index contributed by atoms with van der Waals surface area (Å²) in [4.78, 5) is 10.7. The number of hydrogen-bond donors (Lipinski definition) is 1. The van der Waals surface area contributed by atoms with E-state index in [9.17, 15) is 0 Å². The standard InChI is InChI=1S/C16H20N4/c1-2-6-14(7-3-1)16(20-8-4-5-9-20)12-19-15-10-17-13-18-11-15/h1-3,6-7,10-11,13,16,19H,4-5,8-9,12H2. The first-order valence-corrected chi connectivity index (χ1v) is 7.21. The number of nitrogens with zero attached hydrogens (tertiary/aromatic N) is 3. The molecule has 0 radical (unpaired) electrons. The van der Waals surface area contributed by atoms with Crippen LogP contribution in [0.2, 0.25) is 0 Å². The zero-order chi connectivity index (χ0) is 13.6. The molecule has 3 rings (SSSR count). The van der Waals surface area contributed by atoms with Gasteiger partial charge >= 0.3 is 0 Å². The molecule has 1 unspecified atom stereocenters. The van der Waals surface area contributed by atoms with Crippen LogP contribution in [0.25, 0.3) is 0 Å². The van der Waals surface area contributed by atoms with Crippen molar-refractivity contribution in [1.82, 2.24) is 14.9 Å². The largest absolute Gasteiger partial charge is 0.381 e. The number of rotatable bonds is 5. The predicted octanol–water partition coefficient (Wildman–Crippen LogP) is 2.73. The Morgan fingerprint density at radius 2 is 1.75 bits per heavy atom. The Labute approximate surface area is 119 Å². The first-order valence-electron chi connectivity index (χ1n) is 7.21. The molecule has 1 fully saturated rings. The molecule has 0 amide bonds. The summed E-state index contributed by atoms with van der Waals surface area (Å²) in [6.07, 6.45) is 7.80. The van der Waals surface area contributed by atoms with E-state index in [1.54, 1.807) is 6.33 Å². The van der Waals surface area contributed by atoms with E-state index in [2.05, 4.69) is 50.5 Å². The van der Waals surface area contributed by atoms with Crippen molar-refractivity contribution >= 4 is 5.69 Å². The van der Waals surface area contributed by atoms with Crippen LogP contribution in [0.15, 0.2) is 49.1 Å². The summed E-state index contributed by atoms with van der Waals surface area (Å²) in [5.74, 6) is 0. The normalized spacial score (nSPS) is 17.0. The molecule has 0 bridgehead atoms. The number of aromatic nitrogens is 2. The molecule has 0 spiro atoms. The second kappa shape index (κ2) is 6.48. The Bertz CT molecular complexity index is 509. The van der Waals surface area contributed by atoms with Gasteiger partial charge in [0.2, 0.25) is 0 Å². The maximum atomic E-state index is 4.05. The molecule has 1 N–H and O–H groups in total. The lowest BCUT2D eigenvalue weighted by atomic mass is 10.1. The van der Waals surface area contributed by atoms with Crippen LogP contribution >= 0.6 is 0 Å². The highest BCUT2D eigenvalue weighted by atomic mass is 15.2. The van der Waals surface area contributed by atoms with E-state index in [4.69, 9.17) is 0 Å². The second-order valence-corrected chi connectivity index (χ2v) is 5.18. The molecule has 104 valence electrons. The topological polar surface area (TPSA) is 41.1 Å². The minimum atomic E-state index is 0.416. The summed E-state index contributed by atoms with van der Waals surface area (Å²) in [5.41, 5.74) is 2.35. The van der Waals surface area contributed by atoms with Gasteiger partial charge in [0.25, 0.3) is 0 Å². The summed E-state index contributed by atoms with van der Waals surface area (Å²) >= 11 is 0. The van der Waals surface area contributed by atoms with Crippen molar-refractivity contribution in [3.8, 4) is 0 Å². The fourth-order valence-corrected chi connectivity index (χ4v) is 2.79. The van der Waals surface area contributed by atoms with Crippen LogP contribution in [-0.2, 0) is 0 Å². The SMILES string of the molecule is c1ccc(C(CNc2cncnc2)N2CCCC2)cc1. The lowest BCUT2D eigenvalue weighted by Gasteiger charge is -2.28. The highest BCUT2D eigenvalue weighted by Crippen LogP contribution is 2.25. The van der Waals surface area contributed by atoms with Crippen molar-refractivity contribution in [2.24, 2.45) is 0 Å². The molecule has 1 aliphatic heterocycles. The molecule has 4 heteroatoms. The third kappa shape index (κ3) is 3.14. The second-order valence-electron chi connectivity index (χ2n) is 5.18. The number of anilines is 1. The van der Waals surface area contributed by atoms with Crippen molar-refractivity contribution in [3.63, 3.8) is 0 Å². The van der Waals surface area contributed by atoms with Crippen molar-refractivity contribution in [2.75, 3.05) is 25.0 Å². The highest BCUT2D eigenvalue weighted by molar-refractivity contribution is 5.38. The molecule has 1 aliphatic rings. The Balaban J connectivity index is 1.72. The molecule has 1 aromatic carbocycles. The third-order valence-electron chi connectivity index (χ3n) is 3.83. The van der Waals surface area contributed by atoms with E-state index in [1.165, 1.54) is 31.5 Å². The molecule has 0 saturated carbocycles. The molecule has 2 aromatic rings. The zero-order valence-electron chi connectivity index (χ0n) is 11.6. The van der Waals surface area contributed by atoms with Gasteiger partial charge in [-0.1, -0.05) is 30.3 Å². The van der Waals surface area contributed by atoms with Crippen LogP contribution in [0.3, 0.4) is 0 Å². The summed E-state index contributed by atoms with van der Waals surface area (Å²) in [5, 5.41) is 3.45. The number of hydrogen-bond acceptors (Lipinski definition) is 4. The molecular formula is C16H20N4. The smallest absolute Gasteiger partial charge is 0.115 e. The Hall–Kier alpha value is -1.94. The molecule has 2 heterocycles. The lowest BCUT2D eigenvalue weighted by Crippen LogP contribution is -2.31. The fourth-order valence-electron chi connectivity index (χ4n) is 2.79. The molecule has 0 aliphatic carbocycles. The first kappa shape index (κ1) is 13.1. The average molecular weight is 268 g/mol. The third-order valence-corrected chi connectivity index (χ3v) is 3.83. The van der Waals surface area contributed by atoms with Gasteiger partial charge in [0, 0.05) is 6.54 Å². The maximum absolute atomic E-state index is 4.05. The van der Waals surface area contributed by atoms with Crippen LogP contribution in [0, 0.1) is 0 Å². The average Bonchev–Trinajstić information content (AvgIpc) is 3.04. The quantitative estimate of drug-likeness (QED) is 0.905. The van der Waals surface area contributed by atoms with Crippen LogP contribution in [0.4, 0.5) is 5.69 Å². The van der Waals surface area contributed by atoms with Gasteiger partial charge in [-0.2, -0.15) is 0 Å². The van der Waals surface area contributed by atoms with E-state index in [-0.39, 0.29) is 0 Å². The van der Waals surface area contributed by atoms with Crippen LogP contribution < -0.4 is 5.32 Å². The van der Waals surface area contributed by atoms with Gasteiger partial charge in [-0.05, 0) is 31.5 Å². The summed E-state index contributed by atoms with van der Waals surface area (Å²) in [7, 11) is 0. The van der Waals surface area contributed by atoms with Crippen LogP contribution in [0.5, 0.6) is 0 Å². The predicted molar refractivity (Wildman–Crippen MR) is 80.5 cm³/mol. The van der Waals surface area contributed by atoms with Gasteiger partial charge < -0.3 is 5.32 Å². The Morgan fingerprint density at radius 1 is 1.05 bits per heavy atom. The van der Waals surface area contributed by atoms with E-state index < -0.39 is 0 Å². The monoisotopic (exact) mass is 268 g/mol. The maximum Gasteiger partial charge on any atom is 0.115 e. The molecule has 1 aromatic heterocycles. The first-order chi connectivity index (χ1) is 9.93. The van der Waals surface area contributed by atoms with Gasteiger partial charge in [-0.3, -0.25) is 4.90 Å². The van der Waals surface area contributed by atoms with Crippen LogP contribution in [0.1, 0.15) is 24.4 Å². The Morgan fingerprint density at radius 3 is 2.45 bits per heavy atom. The molecule has 1 saturated heterocycles. The van der Waals surface area contributed by atoms with Crippen molar-refractivity contribution in [3.05, 3.63) is 54.6 Å². The van der Waals surface area contributed by atoms with E-state index in [0.29, 0.717) is 6.04 Å². The molecular weight excluding hydrogens is 248 g/mol. The van der Waals surface area contributed by atoms with Crippen molar-refractivity contribution in [1.29, 1.82) is 0 Å². The minimum Gasteiger partial charge on any atom is -0.381 e. The summed E-state index contributed by atoms with van der Waals surface area (Å²) in [6.45, 7) is 3.26. The zero-order valence-corrected chi connectivity index (χ0v) is 11.6.